The Labute approximate surface area is 90.1 Å². The van der Waals surface area contributed by atoms with Crippen LogP contribution >= 0.6 is 12.6 Å². The molecule has 0 saturated heterocycles. The first kappa shape index (κ1) is 11.1. The number of benzene rings is 1. The van der Waals surface area contributed by atoms with Crippen LogP contribution in [-0.4, -0.2) is 5.24 Å². The van der Waals surface area contributed by atoms with Crippen LogP contribution < -0.4 is 5.32 Å². The Balaban J connectivity index is 2.50. The zero-order valence-corrected chi connectivity index (χ0v) is 9.18. The molecule has 0 heterocycles. The van der Waals surface area contributed by atoms with Crippen LogP contribution in [0.4, 0.5) is 4.79 Å². The van der Waals surface area contributed by atoms with Crippen molar-refractivity contribution >= 4 is 17.9 Å². The van der Waals surface area contributed by atoms with Crippen LogP contribution in [0.3, 0.4) is 0 Å². The van der Waals surface area contributed by atoms with Gasteiger partial charge in [-0.3, -0.25) is 4.79 Å². The van der Waals surface area contributed by atoms with E-state index >= 15 is 0 Å². The van der Waals surface area contributed by atoms with E-state index < -0.39 is 0 Å². The average Bonchev–Trinajstić information content (AvgIpc) is 2.17. The van der Waals surface area contributed by atoms with E-state index in [2.05, 4.69) is 37.0 Å². The van der Waals surface area contributed by atoms with Crippen LogP contribution in [0.25, 0.3) is 0 Å². The summed E-state index contributed by atoms with van der Waals surface area (Å²) in [6, 6.07) is 8.27. The van der Waals surface area contributed by atoms with Crippen molar-refractivity contribution in [2.24, 2.45) is 0 Å². The molecule has 0 saturated carbocycles. The number of aryl methyl sites for hydroxylation is 1. The Kier molecular flexibility index (Phi) is 4.53. The first-order chi connectivity index (χ1) is 6.72. The molecule has 76 valence electrons. The highest BCUT2D eigenvalue weighted by molar-refractivity contribution is 7.96. The maximum atomic E-state index is 10.5. The highest BCUT2D eigenvalue weighted by Gasteiger charge is 1.95. The van der Waals surface area contributed by atoms with Crippen LogP contribution in [0, 0.1) is 0 Å². The minimum Gasteiger partial charge on any atom is -0.343 e. The van der Waals surface area contributed by atoms with Gasteiger partial charge < -0.3 is 5.32 Å². The summed E-state index contributed by atoms with van der Waals surface area (Å²) < 4.78 is 0. The molecule has 0 aliphatic carbocycles. The van der Waals surface area contributed by atoms with Gasteiger partial charge in [0.2, 0.25) is 0 Å². The van der Waals surface area contributed by atoms with Gasteiger partial charge in [-0.1, -0.05) is 50.2 Å². The second-order valence-electron chi connectivity index (χ2n) is 3.23. The molecule has 14 heavy (non-hydrogen) atoms. The summed E-state index contributed by atoms with van der Waals surface area (Å²) in [6.07, 6.45) is 2.27. The van der Waals surface area contributed by atoms with Gasteiger partial charge in [-0.15, -0.1) is 0 Å². The molecular weight excluding hydrogens is 194 g/mol. The van der Waals surface area contributed by atoms with Crippen LogP contribution in [-0.2, 0) is 13.0 Å². The SMILES string of the molecule is CCCc1ccc(CNC(=O)S)cc1. The molecule has 3 heteroatoms. The molecule has 0 spiro atoms. The van der Waals surface area contributed by atoms with Crippen molar-refractivity contribution in [3.8, 4) is 0 Å². The van der Waals surface area contributed by atoms with Crippen LogP contribution in [0.2, 0.25) is 0 Å². The molecule has 0 fully saturated rings. The first-order valence-corrected chi connectivity index (χ1v) is 5.21. The number of thiol groups is 1. The lowest BCUT2D eigenvalue weighted by Crippen LogP contribution is -2.15. The standard InChI is InChI=1S/C11H15NOS/c1-2-3-9-4-6-10(7-5-9)8-12-11(13)14/h4-7H,2-3,8H2,1H3,(H2,12,13,14). The van der Waals surface area contributed by atoms with E-state index in [1.54, 1.807) is 0 Å². The molecule has 2 nitrogen and oxygen atoms in total. The van der Waals surface area contributed by atoms with Gasteiger partial charge in [0, 0.05) is 6.54 Å². The number of amides is 1. The third-order valence-corrected chi connectivity index (χ3v) is 2.16. The van der Waals surface area contributed by atoms with Crippen LogP contribution in [0.1, 0.15) is 24.5 Å². The van der Waals surface area contributed by atoms with Crippen molar-refractivity contribution in [1.82, 2.24) is 5.32 Å². The summed E-state index contributed by atoms with van der Waals surface area (Å²) in [5.41, 5.74) is 2.45. The maximum Gasteiger partial charge on any atom is 0.276 e. The predicted octanol–water partition coefficient (Wildman–Crippen LogP) is 2.78. The molecule has 0 aliphatic heterocycles. The minimum atomic E-state index is -0.289. The molecule has 0 radical (unpaired) electrons. The number of carbonyl (C=O) groups is 1. The Morgan fingerprint density at radius 3 is 2.36 bits per heavy atom. The number of carbonyl (C=O) groups excluding carboxylic acids is 1. The van der Waals surface area contributed by atoms with E-state index in [-0.39, 0.29) is 5.24 Å². The van der Waals surface area contributed by atoms with Crippen molar-refractivity contribution in [1.29, 1.82) is 0 Å². The van der Waals surface area contributed by atoms with Gasteiger partial charge in [-0.25, -0.2) is 0 Å². The van der Waals surface area contributed by atoms with Gasteiger partial charge in [0.15, 0.2) is 0 Å². The lowest BCUT2D eigenvalue weighted by Gasteiger charge is -2.03. The lowest BCUT2D eigenvalue weighted by molar-refractivity contribution is 0.260. The molecule has 0 atom stereocenters. The number of rotatable bonds is 4. The van der Waals surface area contributed by atoms with Crippen LogP contribution in [0.15, 0.2) is 24.3 Å². The van der Waals surface area contributed by atoms with Crippen molar-refractivity contribution in [2.45, 2.75) is 26.3 Å². The Bertz CT molecular complexity index is 295. The molecule has 1 aromatic rings. The largest absolute Gasteiger partial charge is 0.343 e. The third-order valence-electron chi connectivity index (χ3n) is 2.01. The van der Waals surface area contributed by atoms with Crippen molar-refractivity contribution in [3.05, 3.63) is 35.4 Å². The monoisotopic (exact) mass is 209 g/mol. The van der Waals surface area contributed by atoms with E-state index in [1.807, 2.05) is 12.1 Å². The topological polar surface area (TPSA) is 29.1 Å². The highest BCUT2D eigenvalue weighted by atomic mass is 32.1. The summed E-state index contributed by atoms with van der Waals surface area (Å²) in [5.74, 6) is 0. The smallest absolute Gasteiger partial charge is 0.276 e. The fourth-order valence-corrected chi connectivity index (χ4v) is 1.37. The van der Waals surface area contributed by atoms with Gasteiger partial charge in [-0.2, -0.15) is 0 Å². The molecule has 0 aromatic heterocycles. The predicted molar refractivity (Wildman–Crippen MR) is 61.7 cm³/mol. The molecule has 1 rings (SSSR count). The van der Waals surface area contributed by atoms with Crippen molar-refractivity contribution < 1.29 is 4.79 Å². The normalized spacial score (nSPS) is 9.86. The second-order valence-corrected chi connectivity index (χ2v) is 3.63. The zero-order chi connectivity index (χ0) is 10.4. The summed E-state index contributed by atoms with van der Waals surface area (Å²) in [4.78, 5) is 10.5. The average molecular weight is 209 g/mol. The van der Waals surface area contributed by atoms with E-state index in [9.17, 15) is 4.79 Å². The van der Waals surface area contributed by atoms with E-state index in [0.29, 0.717) is 6.54 Å². The number of hydrogen-bond acceptors (Lipinski definition) is 1. The highest BCUT2D eigenvalue weighted by Crippen LogP contribution is 2.06. The van der Waals surface area contributed by atoms with E-state index in [1.165, 1.54) is 5.56 Å². The van der Waals surface area contributed by atoms with Crippen LogP contribution in [0.5, 0.6) is 0 Å². The zero-order valence-electron chi connectivity index (χ0n) is 8.29. The Hall–Kier alpha value is -0.960. The molecule has 0 aliphatic rings. The van der Waals surface area contributed by atoms with Gasteiger partial charge in [0.05, 0.1) is 0 Å². The quantitative estimate of drug-likeness (QED) is 0.734. The number of nitrogens with one attached hydrogen (secondary N) is 1. The minimum absolute atomic E-state index is 0.289. The van der Waals surface area contributed by atoms with E-state index in [4.69, 9.17) is 0 Å². The Morgan fingerprint density at radius 1 is 1.29 bits per heavy atom. The first-order valence-electron chi connectivity index (χ1n) is 4.77. The Morgan fingerprint density at radius 2 is 1.86 bits per heavy atom. The molecule has 1 amide bonds. The second kappa shape index (κ2) is 5.70. The molecule has 0 bridgehead atoms. The maximum absolute atomic E-state index is 10.5. The molecule has 0 unspecified atom stereocenters. The molecule has 1 aromatic carbocycles. The number of hydrogen-bond donors (Lipinski definition) is 2. The van der Waals surface area contributed by atoms with Gasteiger partial charge in [0.25, 0.3) is 5.24 Å². The van der Waals surface area contributed by atoms with Crippen molar-refractivity contribution in [3.63, 3.8) is 0 Å². The fraction of sp³-hybridized carbons (Fsp3) is 0.364. The fourth-order valence-electron chi connectivity index (χ4n) is 1.29. The van der Waals surface area contributed by atoms with E-state index in [0.717, 1.165) is 18.4 Å². The van der Waals surface area contributed by atoms with Gasteiger partial charge in [0.1, 0.15) is 0 Å². The molecule has 1 N–H and O–H groups in total. The van der Waals surface area contributed by atoms with Gasteiger partial charge in [-0.05, 0) is 17.5 Å². The lowest BCUT2D eigenvalue weighted by atomic mass is 10.1. The molecular formula is C11H15NOS. The third kappa shape index (κ3) is 3.83. The summed E-state index contributed by atoms with van der Waals surface area (Å²) in [7, 11) is 0. The summed E-state index contributed by atoms with van der Waals surface area (Å²) in [6.45, 7) is 2.71. The van der Waals surface area contributed by atoms with Gasteiger partial charge >= 0.3 is 0 Å². The van der Waals surface area contributed by atoms with Crippen molar-refractivity contribution in [2.75, 3.05) is 0 Å². The summed E-state index contributed by atoms with van der Waals surface area (Å²) in [5, 5.41) is 2.35. The summed E-state index contributed by atoms with van der Waals surface area (Å²) >= 11 is 3.63.